The van der Waals surface area contributed by atoms with E-state index >= 15 is 0 Å². The number of ether oxygens (including phenoxy) is 1. The molecule has 0 unspecified atom stereocenters. The van der Waals surface area contributed by atoms with Gasteiger partial charge in [-0.1, -0.05) is 30.3 Å². The lowest BCUT2D eigenvalue weighted by Gasteiger charge is -2.24. The lowest BCUT2D eigenvalue weighted by molar-refractivity contribution is 0.102. The van der Waals surface area contributed by atoms with Crippen molar-refractivity contribution in [1.82, 2.24) is 9.97 Å². The second kappa shape index (κ2) is 10.5. The number of anilines is 2. The molecule has 0 saturated heterocycles. The summed E-state index contributed by atoms with van der Waals surface area (Å²) in [7, 11) is 1.67. The highest BCUT2D eigenvalue weighted by Gasteiger charge is 2.29. The number of rotatable bonds is 7. The summed E-state index contributed by atoms with van der Waals surface area (Å²) in [5.74, 6) is 1.23. The molecule has 1 aliphatic carbocycles. The van der Waals surface area contributed by atoms with Crippen LogP contribution in [0.1, 0.15) is 62.2 Å². The first kappa shape index (κ1) is 24.0. The van der Waals surface area contributed by atoms with E-state index in [1.165, 1.54) is 10.4 Å². The minimum Gasteiger partial charge on any atom is -0.497 e. The van der Waals surface area contributed by atoms with E-state index in [1.807, 2.05) is 68.4 Å². The summed E-state index contributed by atoms with van der Waals surface area (Å²) in [6.45, 7) is 3.94. The van der Waals surface area contributed by atoms with Gasteiger partial charge in [-0.05, 0) is 81.0 Å². The maximum Gasteiger partial charge on any atom is 0.256 e. The number of nitrogens with zero attached hydrogens (tertiary/aromatic N) is 2. The third kappa shape index (κ3) is 5.11. The normalized spacial score (nSPS) is 13.5. The highest BCUT2D eigenvalue weighted by molar-refractivity contribution is 7.16. The first-order chi connectivity index (χ1) is 17.5. The van der Waals surface area contributed by atoms with Crippen LogP contribution in [0, 0.1) is 13.8 Å². The lowest BCUT2D eigenvalue weighted by atomic mass is 9.89. The van der Waals surface area contributed by atoms with Crippen LogP contribution in [0.4, 0.5) is 10.9 Å². The van der Waals surface area contributed by atoms with Crippen LogP contribution in [0.5, 0.6) is 5.75 Å². The van der Waals surface area contributed by atoms with Crippen molar-refractivity contribution in [3.63, 3.8) is 0 Å². The highest BCUT2D eigenvalue weighted by Crippen LogP contribution is 2.44. The molecule has 4 aromatic rings. The van der Waals surface area contributed by atoms with Crippen molar-refractivity contribution in [2.24, 2.45) is 0 Å². The van der Waals surface area contributed by atoms with E-state index < -0.39 is 0 Å². The van der Waals surface area contributed by atoms with Crippen molar-refractivity contribution in [3.05, 3.63) is 99.2 Å². The molecule has 0 radical (unpaired) electrons. The van der Waals surface area contributed by atoms with Gasteiger partial charge in [-0.15, -0.1) is 11.3 Å². The molecule has 1 aliphatic rings. The van der Waals surface area contributed by atoms with Crippen molar-refractivity contribution in [2.45, 2.75) is 45.6 Å². The predicted molar refractivity (Wildman–Crippen MR) is 145 cm³/mol. The van der Waals surface area contributed by atoms with E-state index in [1.54, 1.807) is 18.4 Å². The fraction of sp³-hybridized carbons (Fsp3) is 0.276. The molecular formula is C29H30N4O2S. The highest BCUT2D eigenvalue weighted by atomic mass is 32.1. The summed E-state index contributed by atoms with van der Waals surface area (Å²) in [6.07, 6.45) is 4.31. The number of aromatic nitrogens is 2. The summed E-state index contributed by atoms with van der Waals surface area (Å²) in [4.78, 5) is 23.9. The average Bonchev–Trinajstić information content (AvgIpc) is 3.24. The molecule has 2 aromatic carbocycles. The minimum atomic E-state index is -0.259. The maximum absolute atomic E-state index is 13.2. The quantitative estimate of drug-likeness (QED) is 0.304. The largest absolute Gasteiger partial charge is 0.497 e. The number of nitrogens with one attached hydrogen (secondary N) is 2. The lowest BCUT2D eigenvalue weighted by Crippen LogP contribution is -2.20. The molecule has 0 aliphatic heterocycles. The Hall–Kier alpha value is -3.71. The molecule has 2 heterocycles. The number of benzene rings is 2. The van der Waals surface area contributed by atoms with Crippen molar-refractivity contribution in [3.8, 4) is 5.75 Å². The SMILES string of the molecule is COc1cccc([C@H](Nc2nc(C)cc(C)n2)c2c(NC(=O)c3ccccc3)sc3c2CCCC3)c1. The van der Waals surface area contributed by atoms with Gasteiger partial charge in [-0.2, -0.15) is 0 Å². The summed E-state index contributed by atoms with van der Waals surface area (Å²) < 4.78 is 5.55. The summed E-state index contributed by atoms with van der Waals surface area (Å²) in [5.41, 5.74) is 5.88. The summed E-state index contributed by atoms with van der Waals surface area (Å²) in [6, 6.07) is 19.1. The van der Waals surface area contributed by atoms with Gasteiger partial charge < -0.3 is 15.4 Å². The number of carbonyl (C=O) groups is 1. The van der Waals surface area contributed by atoms with Gasteiger partial charge in [0.05, 0.1) is 13.2 Å². The van der Waals surface area contributed by atoms with Crippen molar-refractivity contribution < 1.29 is 9.53 Å². The summed E-state index contributed by atoms with van der Waals surface area (Å²) in [5, 5.41) is 7.73. The molecule has 2 aromatic heterocycles. The Morgan fingerprint density at radius 1 is 0.972 bits per heavy atom. The molecule has 0 fully saturated rings. The summed E-state index contributed by atoms with van der Waals surface area (Å²) >= 11 is 1.69. The Labute approximate surface area is 215 Å². The first-order valence-corrected chi connectivity index (χ1v) is 13.1. The fourth-order valence-corrected chi connectivity index (χ4v) is 6.14. The van der Waals surface area contributed by atoms with E-state index in [0.29, 0.717) is 11.5 Å². The molecule has 0 spiro atoms. The Balaban J connectivity index is 1.63. The minimum absolute atomic E-state index is 0.109. The van der Waals surface area contributed by atoms with Crippen LogP contribution in [0.2, 0.25) is 0 Å². The van der Waals surface area contributed by atoms with E-state index in [4.69, 9.17) is 4.74 Å². The Bertz CT molecular complexity index is 1360. The fourth-order valence-electron chi connectivity index (χ4n) is 4.82. The molecule has 36 heavy (non-hydrogen) atoms. The van der Waals surface area contributed by atoms with Gasteiger partial charge >= 0.3 is 0 Å². The van der Waals surface area contributed by atoms with Crippen LogP contribution in [0.25, 0.3) is 0 Å². The Morgan fingerprint density at radius 2 is 1.72 bits per heavy atom. The third-order valence-electron chi connectivity index (χ3n) is 6.45. The number of carbonyl (C=O) groups excluding carboxylic acids is 1. The Morgan fingerprint density at radius 3 is 2.47 bits per heavy atom. The zero-order valence-electron chi connectivity index (χ0n) is 20.8. The second-order valence-electron chi connectivity index (χ2n) is 9.10. The van der Waals surface area contributed by atoms with Gasteiger partial charge in [0, 0.05) is 27.4 Å². The average molecular weight is 499 g/mol. The van der Waals surface area contributed by atoms with Crippen molar-refractivity contribution >= 4 is 28.2 Å². The van der Waals surface area contributed by atoms with Crippen LogP contribution in [-0.2, 0) is 12.8 Å². The number of aryl methyl sites for hydroxylation is 3. The van der Waals surface area contributed by atoms with E-state index in [9.17, 15) is 4.79 Å². The van der Waals surface area contributed by atoms with Gasteiger partial charge in [0.1, 0.15) is 10.8 Å². The zero-order valence-corrected chi connectivity index (χ0v) is 21.6. The van der Waals surface area contributed by atoms with E-state index in [-0.39, 0.29) is 11.9 Å². The van der Waals surface area contributed by atoms with Gasteiger partial charge in [0.15, 0.2) is 0 Å². The van der Waals surface area contributed by atoms with Crippen LogP contribution >= 0.6 is 11.3 Å². The molecule has 184 valence electrons. The van der Waals surface area contributed by atoms with Crippen LogP contribution in [0.15, 0.2) is 60.7 Å². The Kier molecular flexibility index (Phi) is 7.00. The monoisotopic (exact) mass is 498 g/mol. The van der Waals surface area contributed by atoms with Crippen LogP contribution < -0.4 is 15.4 Å². The maximum atomic E-state index is 13.2. The van der Waals surface area contributed by atoms with E-state index in [2.05, 4.69) is 26.7 Å². The molecule has 0 saturated carbocycles. The number of amides is 1. The number of hydrogen-bond acceptors (Lipinski definition) is 6. The van der Waals surface area contributed by atoms with Gasteiger partial charge in [0.2, 0.25) is 5.95 Å². The number of fused-ring (bicyclic) bond motifs is 1. The predicted octanol–water partition coefficient (Wildman–Crippen LogP) is 6.50. The molecule has 2 N–H and O–H groups in total. The molecular weight excluding hydrogens is 468 g/mol. The van der Waals surface area contributed by atoms with Crippen LogP contribution in [0.3, 0.4) is 0 Å². The number of hydrogen-bond donors (Lipinski definition) is 2. The molecule has 5 rings (SSSR count). The molecule has 0 bridgehead atoms. The molecule has 6 nitrogen and oxygen atoms in total. The second-order valence-corrected chi connectivity index (χ2v) is 10.2. The zero-order chi connectivity index (χ0) is 25.1. The smallest absolute Gasteiger partial charge is 0.256 e. The van der Waals surface area contributed by atoms with Crippen LogP contribution in [-0.4, -0.2) is 23.0 Å². The standard InChI is InChI=1S/C29H30N4O2S/c1-18-16-19(2)31-29(30-18)32-26(21-12-9-13-22(17-21)35-3)25-23-14-7-8-15-24(23)36-28(25)33-27(34)20-10-5-4-6-11-20/h4-6,9-13,16-17,26H,7-8,14-15H2,1-3H3,(H,33,34)(H,30,31,32)/t26-/m0/s1. The van der Waals surface area contributed by atoms with Gasteiger partial charge in [0.25, 0.3) is 5.91 Å². The first-order valence-electron chi connectivity index (χ1n) is 12.3. The molecule has 7 heteroatoms. The van der Waals surface area contributed by atoms with Gasteiger partial charge in [-0.25, -0.2) is 9.97 Å². The number of methoxy groups -OCH3 is 1. The molecule has 1 atom stereocenters. The van der Waals surface area contributed by atoms with Crippen molar-refractivity contribution in [1.29, 1.82) is 0 Å². The van der Waals surface area contributed by atoms with E-state index in [0.717, 1.165) is 58.9 Å². The third-order valence-corrected chi connectivity index (χ3v) is 7.67. The number of thiophene rings is 1. The molecule has 1 amide bonds. The van der Waals surface area contributed by atoms with Gasteiger partial charge in [-0.3, -0.25) is 4.79 Å². The topological polar surface area (TPSA) is 76.1 Å². The van der Waals surface area contributed by atoms with Crippen molar-refractivity contribution in [2.75, 3.05) is 17.7 Å².